The molecule has 2 amide bonds. The summed E-state index contributed by atoms with van der Waals surface area (Å²) in [6.45, 7) is 6.13. The van der Waals surface area contributed by atoms with Crippen molar-refractivity contribution < 1.29 is 4.79 Å². The van der Waals surface area contributed by atoms with E-state index in [1.54, 1.807) is 23.5 Å². The van der Waals surface area contributed by atoms with E-state index in [2.05, 4.69) is 22.8 Å². The van der Waals surface area contributed by atoms with E-state index >= 15 is 0 Å². The summed E-state index contributed by atoms with van der Waals surface area (Å²) in [6.07, 6.45) is 0. The Labute approximate surface area is 151 Å². The van der Waals surface area contributed by atoms with Crippen LogP contribution in [0.2, 0.25) is 0 Å². The van der Waals surface area contributed by atoms with Crippen LogP contribution < -0.4 is 10.6 Å². The summed E-state index contributed by atoms with van der Waals surface area (Å²) in [6, 6.07) is 15.1. The van der Waals surface area contributed by atoms with Crippen molar-refractivity contribution in [1.82, 2.24) is 0 Å². The van der Waals surface area contributed by atoms with E-state index in [0.717, 1.165) is 21.3 Å². The fraction of sp³-hybridized carbons (Fsp3) is 0.200. The van der Waals surface area contributed by atoms with Crippen LogP contribution in [0.5, 0.6) is 0 Å². The zero-order valence-electron chi connectivity index (χ0n) is 14.4. The van der Waals surface area contributed by atoms with Gasteiger partial charge in [0.2, 0.25) is 0 Å². The van der Waals surface area contributed by atoms with Gasteiger partial charge in [-0.25, -0.2) is 4.79 Å². The molecule has 0 atom stereocenters. The van der Waals surface area contributed by atoms with E-state index in [1.165, 1.54) is 0 Å². The first-order valence-electron chi connectivity index (χ1n) is 7.97. The molecule has 0 bridgehead atoms. The number of nitrogens with zero attached hydrogens (tertiary/aromatic N) is 1. The van der Waals surface area contributed by atoms with Crippen LogP contribution in [0.15, 0.2) is 47.8 Å². The third-order valence-corrected chi connectivity index (χ3v) is 4.80. The summed E-state index contributed by atoms with van der Waals surface area (Å²) in [5.74, 6) is 0. The molecule has 0 saturated heterocycles. The number of amides is 2. The molecule has 1 heterocycles. The monoisotopic (exact) mass is 349 g/mol. The number of carbonyl (C=O) groups is 1. The van der Waals surface area contributed by atoms with Gasteiger partial charge in [0.1, 0.15) is 0 Å². The van der Waals surface area contributed by atoms with Gasteiger partial charge in [-0.1, -0.05) is 26.8 Å². The van der Waals surface area contributed by atoms with Gasteiger partial charge in [-0.3, -0.25) is 0 Å². The summed E-state index contributed by atoms with van der Waals surface area (Å²) < 4.78 is 1.13. The molecule has 2 aromatic carbocycles. The molecule has 3 rings (SSSR count). The molecule has 0 unspecified atom stereocenters. The second-order valence-corrected chi connectivity index (χ2v) is 7.82. The molecule has 0 fully saturated rings. The lowest BCUT2D eigenvalue weighted by Crippen LogP contribution is -2.20. The number of nitrogens with one attached hydrogen (secondary N) is 2. The Balaban J connectivity index is 1.77. The number of benzene rings is 2. The highest BCUT2D eigenvalue weighted by molar-refractivity contribution is 7.17. The van der Waals surface area contributed by atoms with Crippen molar-refractivity contribution in [3.63, 3.8) is 0 Å². The van der Waals surface area contributed by atoms with Gasteiger partial charge < -0.3 is 10.6 Å². The predicted octanol–water partition coefficient (Wildman–Crippen LogP) is 5.71. The Kier molecular flexibility index (Phi) is 4.47. The van der Waals surface area contributed by atoms with Gasteiger partial charge in [0.25, 0.3) is 0 Å². The van der Waals surface area contributed by atoms with Gasteiger partial charge in [0, 0.05) is 16.1 Å². The number of carbonyl (C=O) groups excluding carboxylic acids is 1. The molecule has 5 heteroatoms. The van der Waals surface area contributed by atoms with Gasteiger partial charge in [-0.05, 0) is 58.1 Å². The summed E-state index contributed by atoms with van der Waals surface area (Å²) in [7, 11) is 0. The maximum absolute atomic E-state index is 12.3. The van der Waals surface area contributed by atoms with E-state index in [-0.39, 0.29) is 11.4 Å². The van der Waals surface area contributed by atoms with E-state index in [9.17, 15) is 10.1 Å². The van der Waals surface area contributed by atoms with Crippen molar-refractivity contribution in [2.75, 3.05) is 10.6 Å². The van der Waals surface area contributed by atoms with Crippen LogP contribution in [0.4, 0.5) is 16.2 Å². The first-order chi connectivity index (χ1) is 11.9. The van der Waals surface area contributed by atoms with Crippen LogP contribution in [-0.4, -0.2) is 6.03 Å². The lowest BCUT2D eigenvalue weighted by molar-refractivity contribution is 0.262. The number of hydrogen-bond donors (Lipinski definition) is 2. The molecule has 4 nitrogen and oxygen atoms in total. The topological polar surface area (TPSA) is 64.9 Å². The van der Waals surface area contributed by atoms with Gasteiger partial charge in [0.05, 0.1) is 11.6 Å². The highest BCUT2D eigenvalue weighted by Crippen LogP contribution is 2.28. The molecule has 0 aliphatic heterocycles. The molecule has 0 spiro atoms. The van der Waals surface area contributed by atoms with Crippen LogP contribution in [0.3, 0.4) is 0 Å². The normalized spacial score (nSPS) is 11.1. The maximum Gasteiger partial charge on any atom is 0.323 e. The van der Waals surface area contributed by atoms with Crippen molar-refractivity contribution in [3.8, 4) is 6.07 Å². The van der Waals surface area contributed by atoms with Gasteiger partial charge in [-0.2, -0.15) is 5.26 Å². The van der Waals surface area contributed by atoms with Crippen LogP contribution in [0, 0.1) is 11.3 Å². The van der Waals surface area contributed by atoms with Crippen LogP contribution >= 0.6 is 11.3 Å². The van der Waals surface area contributed by atoms with Crippen molar-refractivity contribution in [2.45, 2.75) is 26.2 Å². The van der Waals surface area contributed by atoms with Crippen molar-refractivity contribution >= 4 is 38.8 Å². The Morgan fingerprint density at radius 1 is 1.04 bits per heavy atom. The number of anilines is 2. The second-order valence-electron chi connectivity index (χ2n) is 6.87. The van der Waals surface area contributed by atoms with Crippen LogP contribution in [-0.2, 0) is 5.41 Å². The minimum absolute atomic E-state index is 0.177. The summed E-state index contributed by atoms with van der Waals surface area (Å²) in [5.41, 5.74) is 2.77. The number of nitriles is 1. The van der Waals surface area contributed by atoms with Crippen molar-refractivity contribution in [3.05, 3.63) is 59.0 Å². The zero-order valence-corrected chi connectivity index (χ0v) is 15.2. The number of fused-ring (bicyclic) bond motifs is 1. The summed E-state index contributed by atoms with van der Waals surface area (Å²) in [5, 5.41) is 18.2. The molecule has 126 valence electrons. The minimum atomic E-state index is -0.305. The second kappa shape index (κ2) is 6.58. The zero-order chi connectivity index (χ0) is 18.0. The fourth-order valence-corrected chi connectivity index (χ4v) is 3.49. The molecule has 1 aromatic heterocycles. The number of thiophene rings is 1. The Morgan fingerprint density at radius 3 is 2.40 bits per heavy atom. The fourth-order valence-electron chi connectivity index (χ4n) is 2.67. The quantitative estimate of drug-likeness (QED) is 0.622. The molecule has 2 N–H and O–H groups in total. The number of urea groups is 1. The van der Waals surface area contributed by atoms with Crippen molar-refractivity contribution in [2.24, 2.45) is 0 Å². The number of rotatable bonds is 2. The number of hydrogen-bond acceptors (Lipinski definition) is 3. The third kappa shape index (κ3) is 3.81. The Hall–Kier alpha value is -2.84. The average molecular weight is 349 g/mol. The highest BCUT2D eigenvalue weighted by Gasteiger charge is 2.19. The van der Waals surface area contributed by atoms with E-state index in [0.29, 0.717) is 11.3 Å². The van der Waals surface area contributed by atoms with Crippen LogP contribution in [0.25, 0.3) is 10.1 Å². The maximum atomic E-state index is 12.3. The standard InChI is InChI=1S/C20H19N3OS/c1-20(2,3)17-10-15(7-5-14(17)12-21)22-19(24)23-16-6-4-13-8-9-25-18(13)11-16/h4-11H,1-3H3,(H2,22,23,24). The molecule has 0 aliphatic rings. The Morgan fingerprint density at radius 2 is 1.72 bits per heavy atom. The molecule has 25 heavy (non-hydrogen) atoms. The molecule has 3 aromatic rings. The molecular weight excluding hydrogens is 330 g/mol. The summed E-state index contributed by atoms with van der Waals surface area (Å²) in [4.78, 5) is 12.3. The highest BCUT2D eigenvalue weighted by atomic mass is 32.1. The lowest BCUT2D eigenvalue weighted by Gasteiger charge is -2.21. The predicted molar refractivity (Wildman–Crippen MR) is 104 cm³/mol. The van der Waals surface area contributed by atoms with Gasteiger partial charge in [0.15, 0.2) is 0 Å². The first kappa shape index (κ1) is 17.0. The molecule has 0 saturated carbocycles. The largest absolute Gasteiger partial charge is 0.323 e. The smallest absolute Gasteiger partial charge is 0.308 e. The van der Waals surface area contributed by atoms with Gasteiger partial charge in [-0.15, -0.1) is 11.3 Å². The molecule has 0 aliphatic carbocycles. The van der Waals surface area contributed by atoms with E-state index in [1.807, 2.05) is 50.4 Å². The van der Waals surface area contributed by atoms with Crippen LogP contribution in [0.1, 0.15) is 31.9 Å². The SMILES string of the molecule is CC(C)(C)c1cc(NC(=O)Nc2ccc3ccsc3c2)ccc1C#N. The molecule has 0 radical (unpaired) electrons. The molecular formula is C20H19N3OS. The van der Waals surface area contributed by atoms with Crippen molar-refractivity contribution in [1.29, 1.82) is 5.26 Å². The van der Waals surface area contributed by atoms with Gasteiger partial charge >= 0.3 is 6.03 Å². The first-order valence-corrected chi connectivity index (χ1v) is 8.85. The average Bonchev–Trinajstić information content (AvgIpc) is 3.01. The van der Waals surface area contributed by atoms with E-state index in [4.69, 9.17) is 0 Å². The Bertz CT molecular complexity index is 977. The summed E-state index contributed by atoms with van der Waals surface area (Å²) >= 11 is 1.64. The van der Waals surface area contributed by atoms with E-state index < -0.39 is 0 Å². The minimum Gasteiger partial charge on any atom is -0.308 e. The third-order valence-electron chi connectivity index (χ3n) is 3.92. The lowest BCUT2D eigenvalue weighted by atomic mass is 9.84.